The number of hydrogen-bond donors (Lipinski definition) is 0. The van der Waals surface area contributed by atoms with Gasteiger partial charge in [0.2, 0.25) is 0 Å². The fourth-order valence-corrected chi connectivity index (χ4v) is 9.97. The second kappa shape index (κ2) is 8.74. The van der Waals surface area contributed by atoms with Crippen molar-refractivity contribution in [2.75, 3.05) is 0 Å². The smallest absolute Gasteiger partial charge is 0.00199 e. The van der Waals surface area contributed by atoms with Crippen LogP contribution in [0.2, 0.25) is 0 Å². The summed E-state index contributed by atoms with van der Waals surface area (Å²) >= 11 is 0. The van der Waals surface area contributed by atoms with Crippen LogP contribution in [0.4, 0.5) is 0 Å². The van der Waals surface area contributed by atoms with E-state index in [0.29, 0.717) is 0 Å². The summed E-state index contributed by atoms with van der Waals surface area (Å²) in [5.74, 6) is 0. The van der Waals surface area contributed by atoms with Gasteiger partial charge in [-0.1, -0.05) is 133 Å². The first-order valence-corrected chi connectivity index (χ1v) is 17.6. The molecule has 0 amide bonds. The molecule has 0 atom stereocenters. The van der Waals surface area contributed by atoms with Crippen LogP contribution in [0.3, 0.4) is 0 Å². The minimum atomic E-state index is 1.27. The van der Waals surface area contributed by atoms with E-state index in [0.717, 1.165) is 0 Å². The van der Waals surface area contributed by atoms with Gasteiger partial charge in [0.05, 0.1) is 0 Å². The van der Waals surface area contributed by atoms with Crippen LogP contribution < -0.4 is 0 Å². The topological polar surface area (TPSA) is 0 Å². The molecule has 1 aliphatic carbocycles. The first-order valence-electron chi connectivity index (χ1n) is 17.6. The predicted molar refractivity (Wildman–Crippen MR) is 216 cm³/mol. The zero-order chi connectivity index (χ0) is 32.2. The Kier molecular flexibility index (Phi) is 4.46. The lowest BCUT2D eigenvalue weighted by Gasteiger charge is -2.11. The normalized spacial score (nSPS) is 12.8. The summed E-state index contributed by atoms with van der Waals surface area (Å²) in [6.07, 6.45) is 0. The van der Waals surface area contributed by atoms with E-state index in [-0.39, 0.29) is 0 Å². The van der Waals surface area contributed by atoms with Gasteiger partial charge in [-0.2, -0.15) is 0 Å². The molecule has 12 aromatic carbocycles. The van der Waals surface area contributed by atoms with Gasteiger partial charge in [-0.3, -0.25) is 0 Å². The minimum Gasteiger partial charge on any atom is -0.0616 e. The van der Waals surface area contributed by atoms with Gasteiger partial charge in [-0.15, -0.1) is 0 Å². The molecule has 0 saturated carbocycles. The Hall–Kier alpha value is -6.50. The zero-order valence-electron chi connectivity index (χ0n) is 27.0. The van der Waals surface area contributed by atoms with Gasteiger partial charge in [-0.25, -0.2) is 0 Å². The highest BCUT2D eigenvalue weighted by molar-refractivity contribution is 6.38. The van der Waals surface area contributed by atoms with Crippen molar-refractivity contribution in [3.8, 4) is 33.4 Å². The third kappa shape index (κ3) is 2.97. The van der Waals surface area contributed by atoms with E-state index >= 15 is 0 Å². The van der Waals surface area contributed by atoms with Crippen LogP contribution in [0.25, 0.3) is 130 Å². The number of hydrogen-bond acceptors (Lipinski definition) is 0. The summed E-state index contributed by atoms with van der Waals surface area (Å²) in [6.45, 7) is 0. The Bertz CT molecular complexity index is 3470. The monoisotopic (exact) mass is 626 g/mol. The molecule has 0 N–H and O–H groups in total. The molecular formula is C50H26. The molecule has 0 spiro atoms. The highest BCUT2D eigenvalue weighted by Crippen LogP contribution is 2.50. The fourth-order valence-electron chi connectivity index (χ4n) is 9.97. The molecule has 0 heteroatoms. The molecule has 50 heavy (non-hydrogen) atoms. The molecular weight excluding hydrogens is 601 g/mol. The lowest BCUT2D eigenvalue weighted by atomic mass is 9.93. The van der Waals surface area contributed by atoms with Crippen LogP contribution in [0.1, 0.15) is 0 Å². The van der Waals surface area contributed by atoms with Gasteiger partial charge in [0, 0.05) is 0 Å². The maximum Gasteiger partial charge on any atom is -0.00199 e. The molecule has 0 fully saturated rings. The first kappa shape index (κ1) is 25.5. The molecule has 13 rings (SSSR count). The molecule has 0 radical (unpaired) electrons. The summed E-state index contributed by atoms with van der Waals surface area (Å²) in [5.41, 5.74) is 7.94. The van der Waals surface area contributed by atoms with E-state index in [1.165, 1.54) is 130 Å². The average molecular weight is 627 g/mol. The van der Waals surface area contributed by atoms with Crippen LogP contribution in [0, 0.1) is 0 Å². The van der Waals surface area contributed by atoms with Gasteiger partial charge in [-0.05, 0) is 155 Å². The summed E-state index contributed by atoms with van der Waals surface area (Å²) in [5, 5.41) is 24.1. The Balaban J connectivity index is 1.08. The Morgan fingerprint density at radius 1 is 0.200 bits per heavy atom. The summed E-state index contributed by atoms with van der Waals surface area (Å²) in [6, 6.07) is 59.9. The van der Waals surface area contributed by atoms with Crippen molar-refractivity contribution in [3.05, 3.63) is 158 Å². The van der Waals surface area contributed by atoms with Crippen LogP contribution >= 0.6 is 0 Å². The number of benzene rings is 10. The van der Waals surface area contributed by atoms with Gasteiger partial charge >= 0.3 is 0 Å². The van der Waals surface area contributed by atoms with Crippen molar-refractivity contribution in [2.24, 2.45) is 0 Å². The van der Waals surface area contributed by atoms with Crippen LogP contribution in [0.5, 0.6) is 0 Å². The van der Waals surface area contributed by atoms with E-state index in [2.05, 4.69) is 158 Å². The van der Waals surface area contributed by atoms with Crippen molar-refractivity contribution in [2.45, 2.75) is 0 Å². The van der Waals surface area contributed by atoms with Crippen LogP contribution in [-0.4, -0.2) is 0 Å². The van der Waals surface area contributed by atoms with Crippen LogP contribution in [-0.2, 0) is 0 Å². The standard InChI is InChI=1S/C50H26/c1-2-10-32-31(9-1)37-14-6-15-38-34-20-18-29-24-44-41-22-21-30(28-17-19-33-36-11-3-7-27-8-4-12-39(48(27)36)43(33)23-28)35-13-5-16-40(49(35)41)46(44)25-42(29)45(34)26-47(32)50(37)38/h1-26H. The summed E-state index contributed by atoms with van der Waals surface area (Å²) in [7, 11) is 0. The predicted octanol–water partition coefficient (Wildman–Crippen LogP) is 14.3. The van der Waals surface area contributed by atoms with Crippen LogP contribution in [0.15, 0.2) is 158 Å². The maximum absolute atomic E-state index is 2.48. The highest BCUT2D eigenvalue weighted by Gasteiger charge is 2.23. The highest BCUT2D eigenvalue weighted by atomic mass is 14.3. The van der Waals surface area contributed by atoms with E-state index in [4.69, 9.17) is 0 Å². The first-order chi connectivity index (χ1) is 24.8. The van der Waals surface area contributed by atoms with Crippen molar-refractivity contribution in [3.63, 3.8) is 0 Å². The molecule has 0 bridgehead atoms. The van der Waals surface area contributed by atoms with Gasteiger partial charge in [0.1, 0.15) is 0 Å². The summed E-state index contributed by atoms with van der Waals surface area (Å²) < 4.78 is 0. The Morgan fingerprint density at radius 2 is 0.740 bits per heavy atom. The Labute approximate surface area is 287 Å². The van der Waals surface area contributed by atoms with Gasteiger partial charge in [0.15, 0.2) is 0 Å². The maximum atomic E-state index is 2.48. The molecule has 0 heterocycles. The Morgan fingerprint density at radius 3 is 1.56 bits per heavy atom. The van der Waals surface area contributed by atoms with E-state index < -0.39 is 0 Å². The number of rotatable bonds is 1. The van der Waals surface area contributed by atoms with Crippen molar-refractivity contribution >= 4 is 97.0 Å². The second-order valence-electron chi connectivity index (χ2n) is 14.3. The third-order valence-corrected chi connectivity index (χ3v) is 12.1. The molecule has 226 valence electrons. The van der Waals surface area contributed by atoms with Crippen molar-refractivity contribution in [1.29, 1.82) is 0 Å². The van der Waals surface area contributed by atoms with E-state index in [9.17, 15) is 0 Å². The third-order valence-electron chi connectivity index (χ3n) is 12.1. The molecule has 0 aromatic heterocycles. The number of fused-ring (bicyclic) bond motifs is 13. The quantitative estimate of drug-likeness (QED) is 0.159. The SMILES string of the molecule is c1cc2c3c(cccc3c1)-c1cc(-c3ccc4c5cc6ccc7c(cc8c9ccccc9c9cccc7c98)c6cc5c5cccc3c45)ccc1-2. The zero-order valence-corrected chi connectivity index (χ0v) is 27.0. The lowest BCUT2D eigenvalue weighted by Crippen LogP contribution is -1.84. The van der Waals surface area contributed by atoms with Gasteiger partial charge in [0.25, 0.3) is 0 Å². The van der Waals surface area contributed by atoms with Crippen molar-refractivity contribution in [1.82, 2.24) is 0 Å². The molecule has 12 aromatic rings. The van der Waals surface area contributed by atoms with Gasteiger partial charge < -0.3 is 0 Å². The van der Waals surface area contributed by atoms with Crippen molar-refractivity contribution < 1.29 is 0 Å². The second-order valence-corrected chi connectivity index (χ2v) is 14.3. The molecule has 1 aliphatic rings. The molecule has 0 aliphatic heterocycles. The fraction of sp³-hybridized carbons (Fsp3) is 0. The summed E-state index contributed by atoms with van der Waals surface area (Å²) in [4.78, 5) is 0. The minimum absolute atomic E-state index is 1.27. The molecule has 0 unspecified atom stereocenters. The molecule has 0 nitrogen and oxygen atoms in total. The van der Waals surface area contributed by atoms with E-state index in [1.807, 2.05) is 0 Å². The molecule has 0 saturated heterocycles. The average Bonchev–Trinajstić information content (AvgIpc) is 3.79. The lowest BCUT2D eigenvalue weighted by molar-refractivity contribution is 1.66. The largest absolute Gasteiger partial charge is 0.0616 e. The van der Waals surface area contributed by atoms with E-state index in [1.54, 1.807) is 0 Å².